The van der Waals surface area contributed by atoms with E-state index in [1.165, 1.54) is 22.7 Å². The van der Waals surface area contributed by atoms with Crippen LogP contribution in [0.4, 0.5) is 0 Å². The van der Waals surface area contributed by atoms with E-state index in [-0.39, 0.29) is 16.5 Å². The van der Waals surface area contributed by atoms with Gasteiger partial charge in [-0.3, -0.25) is 0 Å². The number of para-hydroxylation sites is 1. The SMILES string of the molecule is CN(Cc1cnn(-c2ccccc2)c1)S(=O)(=O)c1c(Cl)ccc2scnc12. The summed E-state index contributed by atoms with van der Waals surface area (Å²) in [4.78, 5) is 4.23. The minimum Gasteiger partial charge on any atom is -0.243 e. The average molecular weight is 419 g/mol. The Kier molecular flexibility index (Phi) is 4.73. The molecular weight excluding hydrogens is 404 g/mol. The number of hydrogen-bond donors (Lipinski definition) is 0. The minimum absolute atomic E-state index is 0.0425. The molecule has 0 spiro atoms. The van der Waals surface area contributed by atoms with E-state index in [1.807, 2.05) is 36.5 Å². The van der Waals surface area contributed by atoms with Crippen LogP contribution in [0.15, 0.2) is 65.3 Å². The summed E-state index contributed by atoms with van der Waals surface area (Å²) in [7, 11) is -2.29. The van der Waals surface area contributed by atoms with E-state index in [0.29, 0.717) is 5.52 Å². The molecule has 9 heteroatoms. The van der Waals surface area contributed by atoms with E-state index < -0.39 is 10.0 Å². The third kappa shape index (κ3) is 3.37. The lowest BCUT2D eigenvalue weighted by Gasteiger charge is -2.17. The Morgan fingerprint density at radius 2 is 1.96 bits per heavy atom. The molecule has 0 amide bonds. The molecule has 4 rings (SSSR count). The van der Waals surface area contributed by atoms with Crippen molar-refractivity contribution in [2.75, 3.05) is 7.05 Å². The molecule has 138 valence electrons. The lowest BCUT2D eigenvalue weighted by Crippen LogP contribution is -2.27. The first kappa shape index (κ1) is 18.1. The number of fused-ring (bicyclic) bond motifs is 1. The van der Waals surface area contributed by atoms with E-state index in [9.17, 15) is 8.42 Å². The quantitative estimate of drug-likeness (QED) is 0.492. The van der Waals surface area contributed by atoms with Crippen LogP contribution in [0.3, 0.4) is 0 Å². The molecule has 0 saturated heterocycles. The van der Waals surface area contributed by atoms with Crippen LogP contribution in [0.2, 0.25) is 5.02 Å². The van der Waals surface area contributed by atoms with Crippen molar-refractivity contribution in [2.45, 2.75) is 11.4 Å². The van der Waals surface area contributed by atoms with Gasteiger partial charge < -0.3 is 0 Å². The first-order valence-corrected chi connectivity index (χ1v) is 10.7. The van der Waals surface area contributed by atoms with Gasteiger partial charge in [0.15, 0.2) is 0 Å². The van der Waals surface area contributed by atoms with E-state index in [2.05, 4.69) is 10.1 Å². The van der Waals surface area contributed by atoms with Gasteiger partial charge in [0.25, 0.3) is 0 Å². The zero-order chi connectivity index (χ0) is 19.0. The van der Waals surface area contributed by atoms with Crippen LogP contribution in [0.25, 0.3) is 15.9 Å². The highest BCUT2D eigenvalue weighted by Crippen LogP contribution is 2.33. The molecule has 0 bridgehead atoms. The van der Waals surface area contributed by atoms with Gasteiger partial charge >= 0.3 is 0 Å². The molecule has 27 heavy (non-hydrogen) atoms. The van der Waals surface area contributed by atoms with Crippen molar-refractivity contribution < 1.29 is 8.42 Å². The Labute approximate surface area is 165 Å². The number of thiazole rings is 1. The number of nitrogens with zero attached hydrogens (tertiary/aromatic N) is 4. The van der Waals surface area contributed by atoms with E-state index in [1.54, 1.807) is 28.5 Å². The maximum absolute atomic E-state index is 13.1. The van der Waals surface area contributed by atoms with Crippen molar-refractivity contribution in [3.05, 3.63) is 71.0 Å². The van der Waals surface area contributed by atoms with Crippen molar-refractivity contribution in [1.82, 2.24) is 19.1 Å². The molecule has 0 atom stereocenters. The lowest BCUT2D eigenvalue weighted by atomic mass is 10.3. The van der Waals surface area contributed by atoms with Gasteiger partial charge in [0.1, 0.15) is 10.4 Å². The van der Waals surface area contributed by atoms with Crippen LogP contribution in [-0.4, -0.2) is 34.5 Å². The van der Waals surface area contributed by atoms with Crippen molar-refractivity contribution in [3.8, 4) is 5.69 Å². The van der Waals surface area contributed by atoms with Crippen LogP contribution >= 0.6 is 22.9 Å². The second kappa shape index (κ2) is 7.05. The summed E-state index contributed by atoms with van der Waals surface area (Å²) in [5, 5.41) is 4.48. The van der Waals surface area contributed by atoms with Gasteiger partial charge in [-0.1, -0.05) is 29.8 Å². The average Bonchev–Trinajstić information content (AvgIpc) is 3.31. The van der Waals surface area contributed by atoms with Crippen LogP contribution in [0, 0.1) is 0 Å². The molecule has 0 aliphatic carbocycles. The van der Waals surface area contributed by atoms with Crippen LogP contribution in [0.5, 0.6) is 0 Å². The third-order valence-corrected chi connectivity index (χ3v) is 7.24. The van der Waals surface area contributed by atoms with Gasteiger partial charge in [0, 0.05) is 25.4 Å². The van der Waals surface area contributed by atoms with Crippen LogP contribution < -0.4 is 0 Å². The lowest BCUT2D eigenvalue weighted by molar-refractivity contribution is 0.467. The van der Waals surface area contributed by atoms with Crippen molar-refractivity contribution >= 4 is 43.2 Å². The fourth-order valence-corrected chi connectivity index (χ4v) is 5.34. The van der Waals surface area contributed by atoms with Gasteiger partial charge in [0.2, 0.25) is 10.0 Å². The molecule has 0 saturated carbocycles. The Morgan fingerprint density at radius 1 is 1.19 bits per heavy atom. The molecule has 0 aliphatic rings. The number of halogens is 1. The molecule has 6 nitrogen and oxygen atoms in total. The first-order chi connectivity index (χ1) is 13.0. The number of hydrogen-bond acceptors (Lipinski definition) is 5. The summed E-state index contributed by atoms with van der Waals surface area (Å²) in [6, 6.07) is 13.0. The third-order valence-electron chi connectivity index (χ3n) is 4.14. The first-order valence-electron chi connectivity index (χ1n) is 8.04. The maximum Gasteiger partial charge on any atom is 0.246 e. The standard InChI is InChI=1S/C18H15ClN4O2S2/c1-22(10-13-9-21-23(11-13)14-5-3-2-4-6-14)27(24,25)18-15(19)7-8-16-17(18)20-12-26-16/h2-9,11-12H,10H2,1H3. The smallest absolute Gasteiger partial charge is 0.243 e. The van der Waals surface area contributed by atoms with Crippen LogP contribution in [0.1, 0.15) is 5.56 Å². The highest BCUT2D eigenvalue weighted by Gasteiger charge is 2.27. The predicted octanol–water partition coefficient (Wildman–Crippen LogP) is 3.96. The molecule has 2 aromatic heterocycles. The highest BCUT2D eigenvalue weighted by atomic mass is 35.5. The van der Waals surface area contributed by atoms with Crippen molar-refractivity contribution in [1.29, 1.82) is 0 Å². The van der Waals surface area contributed by atoms with Gasteiger partial charge in [0.05, 0.1) is 27.1 Å². The maximum atomic E-state index is 13.1. The normalized spacial score (nSPS) is 12.1. The highest BCUT2D eigenvalue weighted by molar-refractivity contribution is 7.89. The number of rotatable bonds is 5. The Balaban J connectivity index is 1.64. The summed E-state index contributed by atoms with van der Waals surface area (Å²) in [5.41, 5.74) is 3.69. The van der Waals surface area contributed by atoms with E-state index in [4.69, 9.17) is 11.6 Å². The summed E-state index contributed by atoms with van der Waals surface area (Å²) >= 11 is 7.60. The summed E-state index contributed by atoms with van der Waals surface area (Å²) in [6.07, 6.45) is 3.47. The van der Waals surface area contributed by atoms with E-state index in [0.717, 1.165) is 16.0 Å². The van der Waals surface area contributed by atoms with Gasteiger partial charge in [-0.15, -0.1) is 11.3 Å². The molecule has 0 fully saturated rings. The molecule has 0 unspecified atom stereocenters. The molecular formula is C18H15ClN4O2S2. The topological polar surface area (TPSA) is 68.1 Å². The zero-order valence-corrected chi connectivity index (χ0v) is 16.7. The summed E-state index contributed by atoms with van der Waals surface area (Å²) in [5.74, 6) is 0. The Bertz CT molecular complexity index is 1200. The number of benzene rings is 2. The van der Waals surface area contributed by atoms with E-state index >= 15 is 0 Å². The molecule has 2 heterocycles. The Hall–Kier alpha value is -2.26. The zero-order valence-electron chi connectivity index (χ0n) is 14.3. The second-order valence-electron chi connectivity index (χ2n) is 5.97. The number of aromatic nitrogens is 3. The molecule has 0 N–H and O–H groups in total. The van der Waals surface area contributed by atoms with Crippen LogP contribution in [-0.2, 0) is 16.6 Å². The van der Waals surface area contributed by atoms with Crippen molar-refractivity contribution in [2.24, 2.45) is 0 Å². The molecule has 4 aromatic rings. The summed E-state index contributed by atoms with van der Waals surface area (Å²) in [6.45, 7) is 0.173. The monoisotopic (exact) mass is 418 g/mol. The predicted molar refractivity (Wildman–Crippen MR) is 107 cm³/mol. The number of sulfonamides is 1. The molecule has 0 aliphatic heterocycles. The fourth-order valence-electron chi connectivity index (χ4n) is 2.79. The minimum atomic E-state index is -3.81. The van der Waals surface area contributed by atoms with Crippen molar-refractivity contribution in [3.63, 3.8) is 0 Å². The summed E-state index contributed by atoms with van der Waals surface area (Å²) < 4.78 is 30.0. The van der Waals surface area contributed by atoms with Gasteiger partial charge in [-0.2, -0.15) is 9.40 Å². The second-order valence-corrected chi connectivity index (χ2v) is 9.24. The fraction of sp³-hybridized carbons (Fsp3) is 0.111. The largest absolute Gasteiger partial charge is 0.246 e. The molecule has 0 radical (unpaired) electrons. The van der Waals surface area contributed by atoms with Gasteiger partial charge in [-0.25, -0.2) is 18.1 Å². The molecule has 2 aromatic carbocycles. The Morgan fingerprint density at radius 3 is 2.74 bits per heavy atom. The van der Waals surface area contributed by atoms with Gasteiger partial charge in [-0.05, 0) is 24.3 Å².